The molecule has 0 rings (SSSR count). The van der Waals surface area contributed by atoms with Gasteiger partial charge in [-0.2, -0.15) is 0 Å². The van der Waals surface area contributed by atoms with Crippen LogP contribution in [-0.4, -0.2) is 14.6 Å². The highest BCUT2D eigenvalue weighted by Crippen LogP contribution is 1.73. The van der Waals surface area contributed by atoms with Crippen molar-refractivity contribution >= 4 is 8.96 Å². The van der Waals surface area contributed by atoms with Crippen LogP contribution in [0.1, 0.15) is 6.92 Å². The van der Waals surface area contributed by atoms with E-state index in [1.165, 1.54) is 0 Å². The van der Waals surface area contributed by atoms with E-state index in [1.807, 2.05) is 13.5 Å². The Balaban J connectivity index is 2.99. The highest BCUT2D eigenvalue weighted by Gasteiger charge is 1.99. The van der Waals surface area contributed by atoms with Gasteiger partial charge in [0.15, 0.2) is 0 Å². The van der Waals surface area contributed by atoms with Gasteiger partial charge in [0.05, 0.1) is 0 Å². The molecule has 2 unspecified atom stereocenters. The molecule has 0 bridgehead atoms. The first-order valence-electron chi connectivity index (χ1n) is 2.15. The van der Waals surface area contributed by atoms with Crippen molar-refractivity contribution in [3.05, 3.63) is 0 Å². The molecule has 38 valence electrons. The van der Waals surface area contributed by atoms with Crippen LogP contribution in [-0.2, 0) is 0 Å². The molecule has 6 heavy (non-hydrogen) atoms. The van der Waals surface area contributed by atoms with E-state index in [4.69, 9.17) is 11.1 Å². The van der Waals surface area contributed by atoms with Crippen molar-refractivity contribution in [1.29, 1.82) is 0 Å². The van der Waals surface area contributed by atoms with E-state index in [0.717, 1.165) is 0 Å². The predicted octanol–water partition coefficient (Wildman–Crippen LogP) is -0.815. The second-order valence-corrected chi connectivity index (χ2v) is 4.49. The number of hydrogen-bond acceptors (Lipinski definition) is 2. The lowest BCUT2D eigenvalue weighted by molar-refractivity contribution is 0.990. The quantitative estimate of drug-likeness (QED) is 0.427. The summed E-state index contributed by atoms with van der Waals surface area (Å²) in [6.07, 6.45) is 0. The van der Waals surface area contributed by atoms with Crippen LogP contribution in [0.15, 0.2) is 0 Å². The van der Waals surface area contributed by atoms with Crippen LogP contribution >= 0.6 is 0 Å². The van der Waals surface area contributed by atoms with E-state index in [-0.39, 0.29) is 5.67 Å². The minimum absolute atomic E-state index is 0.269. The van der Waals surface area contributed by atoms with Crippen molar-refractivity contribution in [1.82, 2.24) is 0 Å². The Kier molecular flexibility index (Phi) is 2.39. The fraction of sp³-hybridized carbons (Fsp3) is 1.00. The first-order valence-corrected chi connectivity index (χ1v) is 4.64. The Bertz CT molecular complexity index is 29.8. The summed E-state index contributed by atoms with van der Waals surface area (Å²) in [5, 5.41) is 5.45. The van der Waals surface area contributed by atoms with E-state index in [9.17, 15) is 0 Å². The van der Waals surface area contributed by atoms with Crippen molar-refractivity contribution in [2.45, 2.75) is 19.1 Å². The van der Waals surface area contributed by atoms with Crippen molar-refractivity contribution in [3.8, 4) is 0 Å². The van der Waals surface area contributed by atoms with Crippen LogP contribution in [0.2, 0.25) is 6.55 Å². The standard InChI is InChI=1S/C3H12N2Si/c1-3(4)6(2)5/h3,6H,4-5H2,1-2H3. The molecule has 0 aromatic heterocycles. The van der Waals surface area contributed by atoms with Crippen LogP contribution < -0.4 is 11.1 Å². The molecule has 0 heterocycles. The van der Waals surface area contributed by atoms with Crippen LogP contribution in [0, 0.1) is 0 Å². The summed E-state index contributed by atoms with van der Waals surface area (Å²) in [6.45, 7) is 3.99. The molecule has 0 saturated heterocycles. The van der Waals surface area contributed by atoms with Gasteiger partial charge >= 0.3 is 0 Å². The first kappa shape index (κ1) is 6.14. The normalized spacial score (nSPS) is 20.0. The van der Waals surface area contributed by atoms with Gasteiger partial charge in [-0.25, -0.2) is 0 Å². The van der Waals surface area contributed by atoms with Gasteiger partial charge in [-0.3, -0.25) is 0 Å². The highest BCUT2D eigenvalue weighted by atomic mass is 28.3. The molecular weight excluding hydrogens is 92.1 g/mol. The van der Waals surface area contributed by atoms with Gasteiger partial charge in [0.25, 0.3) is 0 Å². The zero-order chi connectivity index (χ0) is 5.15. The van der Waals surface area contributed by atoms with Crippen LogP contribution in [0.25, 0.3) is 0 Å². The average Bonchev–Trinajstić information content (AvgIpc) is 1.36. The summed E-state index contributed by atoms with van der Waals surface area (Å²) < 4.78 is 0. The van der Waals surface area contributed by atoms with Gasteiger partial charge in [-0.1, -0.05) is 13.5 Å². The lowest BCUT2D eigenvalue weighted by atomic mass is 10.8. The second kappa shape index (κ2) is 2.33. The van der Waals surface area contributed by atoms with Gasteiger partial charge < -0.3 is 11.1 Å². The number of hydrogen-bond donors (Lipinski definition) is 2. The third-order valence-corrected chi connectivity index (χ3v) is 2.49. The minimum Gasteiger partial charge on any atom is -0.352 e. The lowest BCUT2D eigenvalue weighted by Gasteiger charge is -2.03. The van der Waals surface area contributed by atoms with Crippen molar-refractivity contribution in [3.63, 3.8) is 0 Å². The second-order valence-electron chi connectivity index (χ2n) is 1.72. The molecule has 0 fully saturated rings. The molecule has 0 saturated carbocycles. The Morgan fingerprint density at radius 2 is 1.83 bits per heavy atom. The van der Waals surface area contributed by atoms with E-state index in [2.05, 4.69) is 0 Å². The molecule has 0 aromatic carbocycles. The zero-order valence-electron chi connectivity index (χ0n) is 4.31. The highest BCUT2D eigenvalue weighted by molar-refractivity contribution is 6.55. The van der Waals surface area contributed by atoms with Gasteiger partial charge in [0.1, 0.15) is 8.96 Å². The largest absolute Gasteiger partial charge is 0.352 e. The third kappa shape index (κ3) is 2.38. The molecule has 2 atom stereocenters. The zero-order valence-corrected chi connectivity index (χ0v) is 5.46. The van der Waals surface area contributed by atoms with Crippen LogP contribution in [0.5, 0.6) is 0 Å². The van der Waals surface area contributed by atoms with E-state index < -0.39 is 8.96 Å². The summed E-state index contributed by atoms with van der Waals surface area (Å²) in [7, 11) is -0.966. The Morgan fingerprint density at radius 1 is 1.67 bits per heavy atom. The maximum absolute atomic E-state index is 5.45. The monoisotopic (exact) mass is 104 g/mol. The predicted molar refractivity (Wildman–Crippen MR) is 30.8 cm³/mol. The SMILES string of the molecule is CC(N)[SiH](C)N. The fourth-order valence-corrected chi connectivity index (χ4v) is 0. The van der Waals surface area contributed by atoms with Gasteiger partial charge in [-0.05, 0) is 0 Å². The van der Waals surface area contributed by atoms with E-state index >= 15 is 0 Å². The van der Waals surface area contributed by atoms with Crippen LogP contribution in [0.4, 0.5) is 0 Å². The van der Waals surface area contributed by atoms with Gasteiger partial charge in [0, 0.05) is 5.67 Å². The lowest BCUT2D eigenvalue weighted by Crippen LogP contribution is -2.40. The molecule has 3 heteroatoms. The summed E-state index contributed by atoms with van der Waals surface area (Å²) >= 11 is 0. The van der Waals surface area contributed by atoms with E-state index in [1.54, 1.807) is 0 Å². The summed E-state index contributed by atoms with van der Waals surface area (Å²) in [5.74, 6) is 0. The van der Waals surface area contributed by atoms with Gasteiger partial charge in [-0.15, -0.1) is 0 Å². The molecule has 0 spiro atoms. The Hall–Kier alpha value is 0.137. The molecule has 2 nitrogen and oxygen atoms in total. The van der Waals surface area contributed by atoms with E-state index in [0.29, 0.717) is 0 Å². The first-order chi connectivity index (χ1) is 2.64. The summed E-state index contributed by atoms with van der Waals surface area (Å²) in [4.78, 5) is 0. The Labute approximate surface area is 40.2 Å². The molecule has 4 N–H and O–H groups in total. The molecule has 0 aliphatic heterocycles. The third-order valence-electron chi connectivity index (χ3n) is 0.829. The molecule has 0 aliphatic rings. The van der Waals surface area contributed by atoms with Crippen molar-refractivity contribution in [2.75, 3.05) is 0 Å². The fourth-order valence-electron chi connectivity index (χ4n) is 0. The molecular formula is C3H12N2Si. The molecule has 0 amide bonds. The molecule has 0 aliphatic carbocycles. The maximum atomic E-state index is 5.45. The van der Waals surface area contributed by atoms with Crippen molar-refractivity contribution < 1.29 is 0 Å². The average molecular weight is 104 g/mol. The molecule has 0 radical (unpaired) electrons. The smallest absolute Gasteiger partial charge is 0.119 e. The van der Waals surface area contributed by atoms with Crippen molar-refractivity contribution in [2.24, 2.45) is 11.1 Å². The summed E-state index contributed by atoms with van der Waals surface area (Å²) in [5.41, 5.74) is 5.64. The summed E-state index contributed by atoms with van der Waals surface area (Å²) in [6, 6.07) is 0. The number of rotatable bonds is 1. The van der Waals surface area contributed by atoms with Crippen LogP contribution in [0.3, 0.4) is 0 Å². The van der Waals surface area contributed by atoms with Gasteiger partial charge in [0.2, 0.25) is 0 Å². The number of nitrogens with two attached hydrogens (primary N) is 2. The Morgan fingerprint density at radius 3 is 1.83 bits per heavy atom. The molecule has 0 aromatic rings. The minimum atomic E-state index is -0.966. The maximum Gasteiger partial charge on any atom is 0.119 e. The topological polar surface area (TPSA) is 52.0 Å².